The van der Waals surface area contributed by atoms with Gasteiger partial charge in [0.1, 0.15) is 6.61 Å². The summed E-state index contributed by atoms with van der Waals surface area (Å²) in [4.78, 5) is 4.22. The van der Waals surface area contributed by atoms with Gasteiger partial charge in [-0.25, -0.2) is 0 Å². The van der Waals surface area contributed by atoms with Crippen molar-refractivity contribution in [1.82, 2.24) is 10.1 Å². The van der Waals surface area contributed by atoms with Gasteiger partial charge in [-0.3, -0.25) is 0 Å². The van der Waals surface area contributed by atoms with Gasteiger partial charge < -0.3 is 15.0 Å². The Kier molecular flexibility index (Phi) is 3.75. The highest BCUT2D eigenvalue weighted by Crippen LogP contribution is 2.30. The zero-order valence-electron chi connectivity index (χ0n) is 9.31. The van der Waals surface area contributed by atoms with Crippen molar-refractivity contribution in [2.45, 2.75) is 13.5 Å². The molecule has 0 aliphatic carbocycles. The van der Waals surface area contributed by atoms with E-state index in [9.17, 15) is 0 Å². The summed E-state index contributed by atoms with van der Waals surface area (Å²) in [5.74, 6) is 0.916. The van der Waals surface area contributed by atoms with Crippen LogP contribution in [0.5, 0.6) is 0 Å². The quantitative estimate of drug-likeness (QED) is 0.878. The second kappa shape index (κ2) is 5.29. The van der Waals surface area contributed by atoms with Crippen LogP contribution in [-0.4, -0.2) is 16.7 Å². The molecule has 1 aromatic carbocycles. The van der Waals surface area contributed by atoms with E-state index in [4.69, 9.17) is 15.0 Å². The number of halogens is 1. The van der Waals surface area contributed by atoms with Crippen molar-refractivity contribution in [3.8, 4) is 11.5 Å². The average Bonchev–Trinajstić information content (AvgIpc) is 2.78. The number of hydrogen-bond acceptors (Lipinski definition) is 5. The van der Waals surface area contributed by atoms with E-state index in [1.165, 1.54) is 0 Å². The van der Waals surface area contributed by atoms with Gasteiger partial charge in [-0.1, -0.05) is 11.2 Å². The van der Waals surface area contributed by atoms with Crippen molar-refractivity contribution in [3.05, 3.63) is 28.5 Å². The number of benzene rings is 1. The van der Waals surface area contributed by atoms with E-state index in [1.807, 2.05) is 25.1 Å². The topological polar surface area (TPSA) is 74.2 Å². The molecular formula is C11H12BrN3O2. The first-order valence-corrected chi connectivity index (χ1v) is 5.96. The number of nitrogens with zero attached hydrogens (tertiary/aromatic N) is 2. The first-order chi connectivity index (χ1) is 8.22. The van der Waals surface area contributed by atoms with Gasteiger partial charge in [-0.05, 0) is 35.0 Å². The molecule has 0 saturated carbocycles. The molecule has 0 radical (unpaired) electrons. The maximum atomic E-state index is 5.92. The van der Waals surface area contributed by atoms with Crippen molar-refractivity contribution < 1.29 is 9.26 Å². The van der Waals surface area contributed by atoms with E-state index in [2.05, 4.69) is 26.1 Å². The van der Waals surface area contributed by atoms with E-state index in [1.54, 1.807) is 0 Å². The minimum atomic E-state index is 0.341. The van der Waals surface area contributed by atoms with Gasteiger partial charge in [-0.15, -0.1) is 0 Å². The molecule has 1 aromatic heterocycles. The standard InChI is InChI=1S/C11H12BrN3O2/c1-2-16-6-9-14-11(17-15-9)7-4-3-5-8(12)10(7)13/h3-5H,2,6,13H2,1H3. The Labute approximate surface area is 107 Å². The molecule has 6 heteroatoms. The molecule has 0 spiro atoms. The lowest BCUT2D eigenvalue weighted by molar-refractivity contribution is 0.126. The maximum absolute atomic E-state index is 5.92. The van der Waals surface area contributed by atoms with Crippen molar-refractivity contribution in [3.63, 3.8) is 0 Å². The highest BCUT2D eigenvalue weighted by molar-refractivity contribution is 9.10. The second-order valence-corrected chi connectivity index (χ2v) is 4.21. The minimum Gasteiger partial charge on any atom is -0.397 e. The fraction of sp³-hybridized carbons (Fsp3) is 0.273. The molecule has 0 saturated heterocycles. The third-order valence-electron chi connectivity index (χ3n) is 2.19. The average molecular weight is 298 g/mol. The molecule has 0 unspecified atom stereocenters. The molecule has 5 nitrogen and oxygen atoms in total. The van der Waals surface area contributed by atoms with Crippen LogP contribution in [0.4, 0.5) is 5.69 Å². The fourth-order valence-corrected chi connectivity index (χ4v) is 1.71. The zero-order valence-corrected chi connectivity index (χ0v) is 10.9. The van der Waals surface area contributed by atoms with Gasteiger partial charge in [0.2, 0.25) is 0 Å². The molecule has 0 amide bonds. The van der Waals surface area contributed by atoms with Gasteiger partial charge in [-0.2, -0.15) is 4.98 Å². The van der Waals surface area contributed by atoms with Crippen molar-refractivity contribution in [2.24, 2.45) is 0 Å². The minimum absolute atomic E-state index is 0.341. The van der Waals surface area contributed by atoms with Crippen LogP contribution in [0.25, 0.3) is 11.5 Å². The lowest BCUT2D eigenvalue weighted by Gasteiger charge is -2.01. The van der Waals surface area contributed by atoms with E-state index in [0.29, 0.717) is 30.6 Å². The fourth-order valence-electron chi connectivity index (χ4n) is 1.34. The normalized spacial score (nSPS) is 10.7. The summed E-state index contributed by atoms with van der Waals surface area (Å²) in [5, 5.41) is 3.82. The largest absolute Gasteiger partial charge is 0.397 e. The molecular weight excluding hydrogens is 286 g/mol. The number of para-hydroxylation sites is 1. The Morgan fingerprint density at radius 2 is 2.29 bits per heavy atom. The smallest absolute Gasteiger partial charge is 0.260 e. The molecule has 0 fully saturated rings. The Balaban J connectivity index is 2.27. The number of rotatable bonds is 4. The summed E-state index contributed by atoms with van der Waals surface area (Å²) < 4.78 is 11.1. The van der Waals surface area contributed by atoms with Gasteiger partial charge in [0.15, 0.2) is 5.82 Å². The third-order valence-corrected chi connectivity index (χ3v) is 2.88. The van der Waals surface area contributed by atoms with Crippen molar-refractivity contribution in [2.75, 3.05) is 12.3 Å². The first kappa shape index (κ1) is 12.1. The number of anilines is 1. The van der Waals surface area contributed by atoms with E-state index in [-0.39, 0.29) is 0 Å². The molecule has 90 valence electrons. The van der Waals surface area contributed by atoms with Crippen molar-refractivity contribution >= 4 is 21.6 Å². The molecule has 2 rings (SSSR count). The lowest BCUT2D eigenvalue weighted by atomic mass is 10.2. The third kappa shape index (κ3) is 2.65. The van der Waals surface area contributed by atoms with Gasteiger partial charge in [0, 0.05) is 11.1 Å². The molecule has 0 bridgehead atoms. The van der Waals surface area contributed by atoms with E-state index >= 15 is 0 Å². The van der Waals surface area contributed by atoms with E-state index < -0.39 is 0 Å². The predicted molar refractivity (Wildman–Crippen MR) is 67.2 cm³/mol. The number of aromatic nitrogens is 2. The van der Waals surface area contributed by atoms with Gasteiger partial charge in [0.05, 0.1) is 11.3 Å². The van der Waals surface area contributed by atoms with Crippen LogP contribution >= 0.6 is 15.9 Å². The van der Waals surface area contributed by atoms with Crippen LogP contribution in [0.15, 0.2) is 27.2 Å². The van der Waals surface area contributed by atoms with Gasteiger partial charge in [0.25, 0.3) is 5.89 Å². The number of hydrogen-bond donors (Lipinski definition) is 1. The highest BCUT2D eigenvalue weighted by Gasteiger charge is 2.12. The van der Waals surface area contributed by atoms with Crippen LogP contribution in [-0.2, 0) is 11.3 Å². The van der Waals surface area contributed by atoms with Crippen LogP contribution in [0.1, 0.15) is 12.7 Å². The number of ether oxygens (including phenoxy) is 1. The van der Waals surface area contributed by atoms with Crippen LogP contribution < -0.4 is 5.73 Å². The summed E-state index contributed by atoms with van der Waals surface area (Å²) in [6, 6.07) is 5.55. The second-order valence-electron chi connectivity index (χ2n) is 3.35. The van der Waals surface area contributed by atoms with Crippen LogP contribution in [0, 0.1) is 0 Å². The number of nitrogens with two attached hydrogens (primary N) is 1. The lowest BCUT2D eigenvalue weighted by Crippen LogP contribution is -1.94. The first-order valence-electron chi connectivity index (χ1n) is 5.17. The zero-order chi connectivity index (χ0) is 12.3. The monoisotopic (exact) mass is 297 g/mol. The summed E-state index contributed by atoms with van der Waals surface area (Å²) >= 11 is 3.35. The van der Waals surface area contributed by atoms with Crippen LogP contribution in [0.2, 0.25) is 0 Å². The maximum Gasteiger partial charge on any atom is 0.260 e. The number of nitrogen functional groups attached to an aromatic ring is 1. The highest BCUT2D eigenvalue weighted by atomic mass is 79.9. The summed E-state index contributed by atoms with van der Waals surface area (Å²) in [6.07, 6.45) is 0. The SMILES string of the molecule is CCOCc1noc(-c2cccc(Br)c2N)n1. The summed E-state index contributed by atoms with van der Waals surface area (Å²) in [7, 11) is 0. The molecule has 0 aliphatic rings. The molecule has 0 atom stereocenters. The predicted octanol–water partition coefficient (Wildman–Crippen LogP) is 2.62. The van der Waals surface area contributed by atoms with Gasteiger partial charge >= 0.3 is 0 Å². The molecule has 2 aromatic rings. The summed E-state index contributed by atoms with van der Waals surface area (Å²) in [5.41, 5.74) is 7.22. The molecule has 17 heavy (non-hydrogen) atoms. The Bertz CT molecular complexity index is 513. The Hall–Kier alpha value is -1.40. The van der Waals surface area contributed by atoms with Crippen LogP contribution in [0.3, 0.4) is 0 Å². The molecule has 1 heterocycles. The van der Waals surface area contributed by atoms with Crippen molar-refractivity contribution in [1.29, 1.82) is 0 Å². The molecule has 2 N–H and O–H groups in total. The Morgan fingerprint density at radius 3 is 3.06 bits per heavy atom. The molecule has 0 aliphatic heterocycles. The van der Waals surface area contributed by atoms with E-state index in [0.717, 1.165) is 10.0 Å². The summed E-state index contributed by atoms with van der Waals surface area (Å²) in [6.45, 7) is 2.87. The Morgan fingerprint density at radius 1 is 1.47 bits per heavy atom.